The number of allylic oxidation sites excluding steroid dienone is 1. The average molecular weight is 459 g/mol. The van der Waals surface area contributed by atoms with E-state index in [2.05, 4.69) is 34.1 Å². The molecule has 2 aliphatic rings. The smallest absolute Gasteiger partial charge is 0.232 e. The second-order valence-electron chi connectivity index (χ2n) is 8.92. The summed E-state index contributed by atoms with van der Waals surface area (Å²) in [6.07, 6.45) is 1.62. The van der Waals surface area contributed by atoms with Crippen LogP contribution in [0.1, 0.15) is 32.6 Å². The number of Topliss-reactive ketones (excluding diaryl/α,β-unsaturated/α-hetero) is 1. The van der Waals surface area contributed by atoms with Crippen LogP contribution in [-0.2, 0) is 13.1 Å². The first-order valence-corrected chi connectivity index (χ1v) is 11.5. The van der Waals surface area contributed by atoms with Crippen LogP contribution < -0.4 is 4.74 Å². The molecule has 0 unspecified atom stereocenters. The van der Waals surface area contributed by atoms with Crippen molar-refractivity contribution in [1.29, 1.82) is 0 Å². The van der Waals surface area contributed by atoms with Gasteiger partial charge in [-0.05, 0) is 47.9 Å². The van der Waals surface area contributed by atoms with Crippen LogP contribution in [0, 0.1) is 12.7 Å². The highest BCUT2D eigenvalue weighted by Crippen LogP contribution is 2.42. The van der Waals surface area contributed by atoms with E-state index in [1.807, 2.05) is 6.07 Å². The van der Waals surface area contributed by atoms with Gasteiger partial charge in [0.05, 0.1) is 11.1 Å². The van der Waals surface area contributed by atoms with Gasteiger partial charge in [0.1, 0.15) is 17.3 Å². The number of ketones is 1. The predicted octanol–water partition coefficient (Wildman–Crippen LogP) is 4.77. The molecule has 0 radical (unpaired) electrons. The maximum absolute atomic E-state index is 13.2. The van der Waals surface area contributed by atoms with Gasteiger partial charge in [-0.15, -0.1) is 0 Å². The summed E-state index contributed by atoms with van der Waals surface area (Å²) in [4.78, 5) is 17.8. The molecule has 3 aromatic carbocycles. The quantitative estimate of drug-likeness (QED) is 0.558. The number of phenolic OH excluding ortho intramolecular Hbond substituents is 1. The molecular weight excluding hydrogens is 431 g/mol. The van der Waals surface area contributed by atoms with Crippen LogP contribution in [0.2, 0.25) is 0 Å². The maximum Gasteiger partial charge on any atom is 0.232 e. The van der Waals surface area contributed by atoms with Gasteiger partial charge in [-0.1, -0.05) is 42.5 Å². The van der Waals surface area contributed by atoms with Crippen molar-refractivity contribution in [3.8, 4) is 11.5 Å². The molecule has 0 saturated carbocycles. The Morgan fingerprint density at radius 3 is 2.29 bits per heavy atom. The van der Waals surface area contributed by atoms with Gasteiger partial charge in [0.25, 0.3) is 0 Å². The van der Waals surface area contributed by atoms with E-state index >= 15 is 0 Å². The molecule has 1 saturated heterocycles. The lowest BCUT2D eigenvalue weighted by atomic mass is 9.99. The lowest BCUT2D eigenvalue weighted by Gasteiger charge is -2.35. The van der Waals surface area contributed by atoms with Crippen LogP contribution in [0.15, 0.2) is 66.4 Å². The van der Waals surface area contributed by atoms with Crippen LogP contribution in [0.3, 0.4) is 0 Å². The van der Waals surface area contributed by atoms with E-state index in [0.717, 1.165) is 32.7 Å². The van der Waals surface area contributed by atoms with E-state index in [-0.39, 0.29) is 23.1 Å². The molecule has 1 N–H and O–H groups in total. The number of halogens is 1. The third-order valence-corrected chi connectivity index (χ3v) is 6.48. The number of carbonyl (C=O) groups is 1. The Morgan fingerprint density at radius 1 is 0.971 bits per heavy atom. The minimum absolute atomic E-state index is 0.138. The van der Waals surface area contributed by atoms with Crippen LogP contribution in [0.25, 0.3) is 6.08 Å². The molecule has 1 fully saturated rings. The van der Waals surface area contributed by atoms with Crippen molar-refractivity contribution in [3.05, 3.63) is 100 Å². The van der Waals surface area contributed by atoms with Gasteiger partial charge >= 0.3 is 0 Å². The topological polar surface area (TPSA) is 53.0 Å². The lowest BCUT2D eigenvalue weighted by Crippen LogP contribution is -2.45. The number of rotatable bonds is 5. The van der Waals surface area contributed by atoms with Crippen molar-refractivity contribution in [3.63, 3.8) is 0 Å². The molecule has 0 aliphatic carbocycles. The summed E-state index contributed by atoms with van der Waals surface area (Å²) in [7, 11) is 0. The molecule has 3 aromatic rings. The van der Waals surface area contributed by atoms with E-state index in [1.165, 1.54) is 17.7 Å². The van der Waals surface area contributed by atoms with Gasteiger partial charge < -0.3 is 9.84 Å². The van der Waals surface area contributed by atoms with Crippen LogP contribution in [0.5, 0.6) is 11.5 Å². The first-order valence-electron chi connectivity index (χ1n) is 11.5. The lowest BCUT2D eigenvalue weighted by molar-refractivity contribution is 0.101. The summed E-state index contributed by atoms with van der Waals surface area (Å²) < 4.78 is 19.3. The molecule has 6 heteroatoms. The fourth-order valence-corrected chi connectivity index (χ4v) is 4.61. The third-order valence-electron chi connectivity index (χ3n) is 6.48. The fraction of sp³-hybridized carbons (Fsp3) is 0.250. The standard InChI is InChI=1S/C28H27FN2O3/c1-19-15-24(32)23(18-31-13-11-30(12-14-31)17-21-5-3-2-4-6-21)28-26(19)27(33)25(34-28)16-20-7-9-22(29)10-8-20/h2-10,15-16,32H,11-14,17-18H2,1H3/b25-16-. The number of aryl methyl sites for hydroxylation is 1. The number of nitrogens with zero attached hydrogens (tertiary/aromatic N) is 2. The first kappa shape index (κ1) is 22.3. The van der Waals surface area contributed by atoms with E-state index in [0.29, 0.717) is 34.5 Å². The highest BCUT2D eigenvalue weighted by atomic mass is 19.1. The second-order valence-corrected chi connectivity index (χ2v) is 8.92. The Morgan fingerprint density at radius 2 is 1.62 bits per heavy atom. The highest BCUT2D eigenvalue weighted by molar-refractivity contribution is 6.15. The first-order chi connectivity index (χ1) is 16.5. The third kappa shape index (κ3) is 4.60. The monoisotopic (exact) mass is 458 g/mol. The Balaban J connectivity index is 1.32. The number of hydrogen-bond acceptors (Lipinski definition) is 5. The molecule has 0 bridgehead atoms. The van der Waals surface area contributed by atoms with E-state index in [9.17, 15) is 14.3 Å². The number of hydrogen-bond donors (Lipinski definition) is 1. The Bertz CT molecular complexity index is 1230. The average Bonchev–Trinajstić information content (AvgIpc) is 3.16. The molecule has 2 aliphatic heterocycles. The number of carbonyl (C=O) groups excluding carboxylic acids is 1. The van der Waals surface area contributed by atoms with Gasteiger partial charge in [-0.25, -0.2) is 4.39 Å². The van der Waals surface area contributed by atoms with Crippen LogP contribution >= 0.6 is 0 Å². The molecule has 0 atom stereocenters. The molecule has 5 nitrogen and oxygen atoms in total. The number of piperazine rings is 1. The minimum atomic E-state index is -0.337. The summed E-state index contributed by atoms with van der Waals surface area (Å²) in [6, 6.07) is 18.0. The SMILES string of the molecule is Cc1cc(O)c(CN2CCN(Cc3ccccc3)CC2)c2c1C(=O)/C(=C/c1ccc(F)cc1)O2. The Kier molecular flexibility index (Phi) is 6.18. The fourth-order valence-electron chi connectivity index (χ4n) is 4.61. The van der Waals surface area contributed by atoms with Gasteiger partial charge in [0.2, 0.25) is 5.78 Å². The highest BCUT2D eigenvalue weighted by Gasteiger charge is 2.34. The van der Waals surface area contributed by atoms with Gasteiger partial charge in [-0.3, -0.25) is 14.6 Å². The summed E-state index contributed by atoms with van der Waals surface area (Å²) in [6.45, 7) is 6.81. The molecule has 0 aromatic heterocycles. The predicted molar refractivity (Wildman–Crippen MR) is 129 cm³/mol. The largest absolute Gasteiger partial charge is 0.507 e. The summed E-state index contributed by atoms with van der Waals surface area (Å²) in [5, 5.41) is 10.7. The molecule has 0 amide bonds. The molecule has 5 rings (SSSR count). The van der Waals surface area contributed by atoms with Crippen molar-refractivity contribution in [2.45, 2.75) is 20.0 Å². The zero-order valence-corrected chi connectivity index (χ0v) is 19.1. The number of ether oxygens (including phenoxy) is 1. The van der Waals surface area contributed by atoms with Gasteiger partial charge in [-0.2, -0.15) is 0 Å². The van der Waals surface area contributed by atoms with Crippen molar-refractivity contribution < 1.29 is 19.0 Å². The van der Waals surface area contributed by atoms with E-state index in [1.54, 1.807) is 31.2 Å². The normalized spacial score (nSPS) is 17.7. The number of aromatic hydroxyl groups is 1. The Hall–Kier alpha value is -3.48. The van der Waals surface area contributed by atoms with Crippen LogP contribution in [-0.4, -0.2) is 46.9 Å². The zero-order valence-electron chi connectivity index (χ0n) is 19.1. The minimum Gasteiger partial charge on any atom is -0.507 e. The van der Waals surface area contributed by atoms with Crippen molar-refractivity contribution >= 4 is 11.9 Å². The van der Waals surface area contributed by atoms with Crippen LogP contribution in [0.4, 0.5) is 4.39 Å². The second kappa shape index (κ2) is 9.41. The number of benzene rings is 3. The summed E-state index contributed by atoms with van der Waals surface area (Å²) in [5.74, 6) is 0.201. The number of phenols is 1. The Labute approximate surface area is 198 Å². The summed E-state index contributed by atoms with van der Waals surface area (Å²) in [5.41, 5.74) is 3.78. The van der Waals surface area contributed by atoms with E-state index < -0.39 is 0 Å². The van der Waals surface area contributed by atoms with Crippen molar-refractivity contribution in [2.24, 2.45) is 0 Å². The van der Waals surface area contributed by atoms with E-state index in [4.69, 9.17) is 4.74 Å². The zero-order chi connectivity index (χ0) is 23.7. The molecule has 34 heavy (non-hydrogen) atoms. The molecule has 0 spiro atoms. The molecular formula is C28H27FN2O3. The maximum atomic E-state index is 13.2. The summed E-state index contributed by atoms with van der Waals surface area (Å²) >= 11 is 0. The van der Waals surface area contributed by atoms with Gasteiger partial charge in [0.15, 0.2) is 5.76 Å². The van der Waals surface area contributed by atoms with Crippen molar-refractivity contribution in [2.75, 3.05) is 26.2 Å². The molecule has 2 heterocycles. The number of fused-ring (bicyclic) bond motifs is 1. The van der Waals surface area contributed by atoms with Gasteiger partial charge in [0, 0.05) is 39.3 Å². The molecule has 174 valence electrons. The van der Waals surface area contributed by atoms with Crippen molar-refractivity contribution in [1.82, 2.24) is 9.80 Å².